The number of carbonyl (C=O) groups is 2. The lowest BCUT2D eigenvalue weighted by Crippen LogP contribution is -2.47. The van der Waals surface area contributed by atoms with E-state index >= 15 is 0 Å². The Morgan fingerprint density at radius 2 is 1.92 bits per heavy atom. The van der Waals surface area contributed by atoms with Crippen molar-refractivity contribution < 1.29 is 18.7 Å². The van der Waals surface area contributed by atoms with Gasteiger partial charge in [0.15, 0.2) is 5.76 Å². The van der Waals surface area contributed by atoms with E-state index in [1.165, 1.54) is 0 Å². The van der Waals surface area contributed by atoms with E-state index in [0.717, 1.165) is 34.9 Å². The maximum Gasteiger partial charge on any atom is 0.410 e. The van der Waals surface area contributed by atoms with Gasteiger partial charge in [0.05, 0.1) is 6.54 Å². The number of amides is 2. The number of fused-ring (bicyclic) bond motifs is 1. The smallest absolute Gasteiger partial charge is 0.410 e. The van der Waals surface area contributed by atoms with Gasteiger partial charge in [-0.3, -0.25) is 4.79 Å². The van der Waals surface area contributed by atoms with Crippen LogP contribution in [0.5, 0.6) is 0 Å². The lowest BCUT2D eigenvalue weighted by molar-refractivity contribution is 0.0629. The monoisotopic (exact) mass is 342 g/mol. The number of aryl methyl sites for hydroxylation is 2. The van der Waals surface area contributed by atoms with E-state index in [4.69, 9.17) is 9.15 Å². The summed E-state index contributed by atoms with van der Waals surface area (Å²) in [7, 11) is 0. The van der Waals surface area contributed by atoms with Crippen LogP contribution in [0.2, 0.25) is 0 Å². The molecule has 1 aromatic heterocycles. The summed E-state index contributed by atoms with van der Waals surface area (Å²) in [6.45, 7) is 6.31. The van der Waals surface area contributed by atoms with Gasteiger partial charge in [-0.25, -0.2) is 4.79 Å². The molecule has 2 saturated heterocycles. The van der Waals surface area contributed by atoms with Crippen LogP contribution in [-0.2, 0) is 4.74 Å². The van der Waals surface area contributed by atoms with Gasteiger partial charge in [0.2, 0.25) is 0 Å². The van der Waals surface area contributed by atoms with Crippen molar-refractivity contribution in [1.82, 2.24) is 9.80 Å². The second-order valence-electron chi connectivity index (χ2n) is 6.89. The summed E-state index contributed by atoms with van der Waals surface area (Å²) in [6, 6.07) is 6.16. The fraction of sp³-hybridized carbons (Fsp3) is 0.474. The van der Waals surface area contributed by atoms with Gasteiger partial charge in [-0.15, -0.1) is 0 Å². The van der Waals surface area contributed by atoms with Gasteiger partial charge in [0.1, 0.15) is 12.2 Å². The molecule has 0 aliphatic carbocycles. The molecule has 2 aliphatic rings. The first-order chi connectivity index (χ1) is 12.0. The minimum Gasteiger partial charge on any atom is -0.451 e. The normalized spacial score (nSPS) is 18.9. The van der Waals surface area contributed by atoms with Crippen LogP contribution in [-0.4, -0.2) is 54.1 Å². The zero-order valence-electron chi connectivity index (χ0n) is 14.6. The Labute approximate surface area is 146 Å². The Kier molecular flexibility index (Phi) is 3.90. The summed E-state index contributed by atoms with van der Waals surface area (Å²) in [4.78, 5) is 28.2. The highest BCUT2D eigenvalue weighted by Gasteiger charge is 2.34. The van der Waals surface area contributed by atoms with Crippen molar-refractivity contribution >= 4 is 23.0 Å². The third kappa shape index (κ3) is 2.75. The van der Waals surface area contributed by atoms with Gasteiger partial charge in [-0.1, -0.05) is 12.1 Å². The van der Waals surface area contributed by atoms with Crippen LogP contribution in [0.3, 0.4) is 0 Å². The topological polar surface area (TPSA) is 63.0 Å². The number of likely N-dealkylation sites (tertiary alicyclic amines) is 1. The molecule has 2 amide bonds. The number of ether oxygens (including phenoxy) is 1. The van der Waals surface area contributed by atoms with Crippen molar-refractivity contribution in [3.8, 4) is 0 Å². The van der Waals surface area contributed by atoms with Gasteiger partial charge in [0, 0.05) is 30.1 Å². The molecule has 25 heavy (non-hydrogen) atoms. The summed E-state index contributed by atoms with van der Waals surface area (Å²) in [5.41, 5.74) is 2.76. The summed E-state index contributed by atoms with van der Waals surface area (Å²) < 4.78 is 10.9. The van der Waals surface area contributed by atoms with E-state index in [0.29, 0.717) is 32.0 Å². The Morgan fingerprint density at radius 3 is 2.60 bits per heavy atom. The molecule has 0 spiro atoms. The number of benzene rings is 1. The number of piperidine rings is 1. The van der Waals surface area contributed by atoms with E-state index in [1.54, 1.807) is 4.90 Å². The Morgan fingerprint density at radius 1 is 1.16 bits per heavy atom. The van der Waals surface area contributed by atoms with Crippen molar-refractivity contribution in [2.45, 2.75) is 32.7 Å². The molecule has 3 heterocycles. The van der Waals surface area contributed by atoms with Gasteiger partial charge >= 0.3 is 6.09 Å². The van der Waals surface area contributed by atoms with Crippen LogP contribution in [0.1, 0.15) is 34.5 Å². The number of furan rings is 1. The molecule has 6 heteroatoms. The SMILES string of the molecule is Cc1ccc2c(C)c(C(=O)N3CCC(N4CCOC4=O)CC3)oc2c1. The molecule has 1 aromatic carbocycles. The van der Waals surface area contributed by atoms with Gasteiger partial charge < -0.3 is 19.0 Å². The fourth-order valence-electron chi connectivity index (χ4n) is 3.80. The first kappa shape index (κ1) is 16.0. The molecular formula is C19H22N2O4. The summed E-state index contributed by atoms with van der Waals surface area (Å²) >= 11 is 0. The van der Waals surface area contributed by atoms with Crippen LogP contribution >= 0.6 is 0 Å². The largest absolute Gasteiger partial charge is 0.451 e. The molecule has 2 aliphatic heterocycles. The quantitative estimate of drug-likeness (QED) is 0.841. The summed E-state index contributed by atoms with van der Waals surface area (Å²) in [6.07, 6.45) is 1.33. The zero-order valence-corrected chi connectivity index (χ0v) is 14.6. The van der Waals surface area contributed by atoms with E-state index < -0.39 is 0 Å². The van der Waals surface area contributed by atoms with Crippen LogP contribution in [0, 0.1) is 13.8 Å². The molecule has 0 unspecified atom stereocenters. The Balaban J connectivity index is 1.49. The highest BCUT2D eigenvalue weighted by molar-refractivity contribution is 5.99. The van der Waals surface area contributed by atoms with E-state index in [1.807, 2.05) is 36.9 Å². The van der Waals surface area contributed by atoms with E-state index in [2.05, 4.69) is 0 Å². The standard InChI is InChI=1S/C19H22N2O4/c1-12-3-4-15-13(2)17(25-16(15)11-12)18(22)20-7-5-14(6-8-20)21-9-10-24-19(21)23/h3-4,11,14H,5-10H2,1-2H3. The number of nitrogens with zero attached hydrogens (tertiary/aromatic N) is 2. The number of hydrogen-bond donors (Lipinski definition) is 0. The number of rotatable bonds is 2. The average Bonchev–Trinajstić information content (AvgIpc) is 3.18. The second kappa shape index (κ2) is 6.10. The maximum atomic E-state index is 12.9. The van der Waals surface area contributed by atoms with Crippen LogP contribution in [0.4, 0.5) is 4.79 Å². The number of cyclic esters (lactones) is 1. The van der Waals surface area contributed by atoms with Crippen molar-refractivity contribution in [2.24, 2.45) is 0 Å². The zero-order chi connectivity index (χ0) is 17.6. The highest BCUT2D eigenvalue weighted by atomic mass is 16.6. The number of carbonyl (C=O) groups excluding carboxylic acids is 2. The second-order valence-corrected chi connectivity index (χ2v) is 6.89. The summed E-state index contributed by atoms with van der Waals surface area (Å²) in [5.74, 6) is 0.369. The molecule has 2 fully saturated rings. The molecule has 0 bridgehead atoms. The van der Waals surface area contributed by atoms with Crippen LogP contribution in [0.25, 0.3) is 11.0 Å². The van der Waals surface area contributed by atoms with E-state index in [-0.39, 0.29) is 18.0 Å². The molecule has 6 nitrogen and oxygen atoms in total. The first-order valence-corrected chi connectivity index (χ1v) is 8.77. The molecule has 4 rings (SSSR count). The maximum absolute atomic E-state index is 12.9. The van der Waals surface area contributed by atoms with Crippen molar-refractivity contribution in [3.05, 3.63) is 35.1 Å². The molecule has 0 N–H and O–H groups in total. The minimum absolute atomic E-state index is 0.0613. The molecular weight excluding hydrogens is 320 g/mol. The van der Waals surface area contributed by atoms with Gasteiger partial charge in [-0.05, 0) is 38.3 Å². The first-order valence-electron chi connectivity index (χ1n) is 8.77. The highest BCUT2D eigenvalue weighted by Crippen LogP contribution is 2.28. The predicted molar refractivity (Wildman–Crippen MR) is 92.7 cm³/mol. The van der Waals surface area contributed by atoms with Crippen molar-refractivity contribution in [1.29, 1.82) is 0 Å². The molecule has 0 radical (unpaired) electrons. The molecule has 132 valence electrons. The molecule has 0 saturated carbocycles. The van der Waals surface area contributed by atoms with Crippen molar-refractivity contribution in [2.75, 3.05) is 26.2 Å². The third-order valence-electron chi connectivity index (χ3n) is 5.27. The number of hydrogen-bond acceptors (Lipinski definition) is 4. The van der Waals surface area contributed by atoms with Gasteiger partial charge in [-0.2, -0.15) is 0 Å². The Hall–Kier alpha value is -2.50. The average molecular weight is 342 g/mol. The van der Waals surface area contributed by atoms with E-state index in [9.17, 15) is 9.59 Å². The van der Waals surface area contributed by atoms with Crippen LogP contribution < -0.4 is 0 Å². The fourth-order valence-corrected chi connectivity index (χ4v) is 3.80. The Bertz CT molecular complexity index is 833. The van der Waals surface area contributed by atoms with Crippen molar-refractivity contribution in [3.63, 3.8) is 0 Å². The third-order valence-corrected chi connectivity index (χ3v) is 5.27. The lowest BCUT2D eigenvalue weighted by Gasteiger charge is -2.35. The van der Waals surface area contributed by atoms with Gasteiger partial charge in [0.25, 0.3) is 5.91 Å². The minimum atomic E-state index is -0.228. The predicted octanol–water partition coefficient (Wildman–Crippen LogP) is 3.11. The molecule has 0 atom stereocenters. The lowest BCUT2D eigenvalue weighted by atomic mass is 10.0. The molecule has 2 aromatic rings. The van der Waals surface area contributed by atoms with Crippen LogP contribution in [0.15, 0.2) is 22.6 Å². The summed E-state index contributed by atoms with van der Waals surface area (Å²) in [5, 5.41) is 0.989.